The van der Waals surface area contributed by atoms with Crippen LogP contribution < -0.4 is 5.32 Å². The predicted molar refractivity (Wildman–Crippen MR) is 99.6 cm³/mol. The molecule has 0 saturated carbocycles. The van der Waals surface area contributed by atoms with Crippen molar-refractivity contribution in [2.75, 3.05) is 6.54 Å². The number of nitrogens with one attached hydrogen (secondary N) is 1. The van der Waals surface area contributed by atoms with Crippen molar-refractivity contribution in [3.63, 3.8) is 0 Å². The van der Waals surface area contributed by atoms with Crippen molar-refractivity contribution in [1.82, 2.24) is 9.88 Å². The molecular formula is C22H24N2. The van der Waals surface area contributed by atoms with Gasteiger partial charge in [-0.1, -0.05) is 48.0 Å². The van der Waals surface area contributed by atoms with Gasteiger partial charge in [0, 0.05) is 24.2 Å². The highest BCUT2D eigenvalue weighted by Crippen LogP contribution is 2.39. The first-order valence-corrected chi connectivity index (χ1v) is 9.26. The number of nitrogens with zero attached hydrogens (tertiary/aromatic N) is 1. The van der Waals surface area contributed by atoms with E-state index in [1.54, 1.807) is 11.1 Å². The van der Waals surface area contributed by atoms with E-state index in [4.69, 9.17) is 0 Å². The first-order valence-electron chi connectivity index (χ1n) is 9.26. The van der Waals surface area contributed by atoms with E-state index >= 15 is 0 Å². The zero-order valence-corrected chi connectivity index (χ0v) is 14.3. The van der Waals surface area contributed by atoms with Crippen LogP contribution in [0.1, 0.15) is 46.8 Å². The van der Waals surface area contributed by atoms with Crippen molar-refractivity contribution < 1.29 is 0 Å². The van der Waals surface area contributed by atoms with Gasteiger partial charge < -0.3 is 9.88 Å². The van der Waals surface area contributed by atoms with Crippen molar-refractivity contribution in [3.8, 4) is 0 Å². The lowest BCUT2D eigenvalue weighted by Crippen LogP contribution is -2.32. The molecule has 5 rings (SSSR count). The molecular weight excluding hydrogens is 292 g/mol. The van der Waals surface area contributed by atoms with E-state index < -0.39 is 0 Å². The molecule has 0 bridgehead atoms. The lowest BCUT2D eigenvalue weighted by atomic mass is 9.93. The molecule has 0 saturated heterocycles. The van der Waals surface area contributed by atoms with Crippen LogP contribution in [0.25, 0.3) is 10.9 Å². The zero-order valence-electron chi connectivity index (χ0n) is 14.3. The molecule has 1 unspecified atom stereocenters. The van der Waals surface area contributed by atoms with E-state index in [1.165, 1.54) is 47.0 Å². The average Bonchev–Trinajstić information content (AvgIpc) is 2.79. The summed E-state index contributed by atoms with van der Waals surface area (Å²) in [6.45, 7) is 4.39. The summed E-state index contributed by atoms with van der Waals surface area (Å²) in [4.78, 5) is 0. The molecule has 0 radical (unpaired) electrons. The number of aryl methyl sites for hydroxylation is 3. The van der Waals surface area contributed by atoms with Crippen LogP contribution in [0.15, 0.2) is 42.5 Å². The highest BCUT2D eigenvalue weighted by Gasteiger charge is 2.29. The van der Waals surface area contributed by atoms with E-state index in [2.05, 4.69) is 59.3 Å². The van der Waals surface area contributed by atoms with E-state index in [0.29, 0.717) is 6.04 Å². The smallest absolute Gasteiger partial charge is 0.0734 e. The molecule has 3 heterocycles. The molecule has 0 aliphatic carbocycles. The Morgan fingerprint density at radius 3 is 2.75 bits per heavy atom. The largest absolute Gasteiger partial charge is 0.342 e. The molecule has 0 fully saturated rings. The average molecular weight is 316 g/mol. The highest BCUT2D eigenvalue weighted by molar-refractivity contribution is 5.89. The van der Waals surface area contributed by atoms with E-state index in [1.807, 2.05) is 0 Å². The van der Waals surface area contributed by atoms with Crippen LogP contribution in [0.4, 0.5) is 0 Å². The van der Waals surface area contributed by atoms with Crippen LogP contribution in [-0.4, -0.2) is 11.1 Å². The number of aromatic nitrogens is 1. The Morgan fingerprint density at radius 1 is 1.00 bits per heavy atom. The minimum atomic E-state index is 0.327. The second-order valence-corrected chi connectivity index (χ2v) is 7.33. The topological polar surface area (TPSA) is 17.0 Å². The van der Waals surface area contributed by atoms with Crippen molar-refractivity contribution in [1.29, 1.82) is 0 Å². The fourth-order valence-corrected chi connectivity index (χ4v) is 4.66. The Bertz CT molecular complexity index is 902. The van der Waals surface area contributed by atoms with E-state index in [-0.39, 0.29) is 0 Å². The fourth-order valence-electron chi connectivity index (χ4n) is 4.66. The monoisotopic (exact) mass is 316 g/mol. The summed E-state index contributed by atoms with van der Waals surface area (Å²) in [5.41, 5.74) is 8.89. The van der Waals surface area contributed by atoms with Gasteiger partial charge in [-0.05, 0) is 49.3 Å². The summed E-state index contributed by atoms with van der Waals surface area (Å²) >= 11 is 0. The second-order valence-electron chi connectivity index (χ2n) is 7.33. The van der Waals surface area contributed by atoms with E-state index in [9.17, 15) is 0 Å². The van der Waals surface area contributed by atoms with Gasteiger partial charge in [-0.2, -0.15) is 0 Å². The van der Waals surface area contributed by atoms with Gasteiger partial charge in [-0.3, -0.25) is 0 Å². The molecule has 1 aromatic heterocycles. The number of hydrogen-bond acceptors (Lipinski definition) is 1. The maximum Gasteiger partial charge on any atom is 0.0734 e. The molecule has 2 nitrogen and oxygen atoms in total. The lowest BCUT2D eigenvalue weighted by molar-refractivity contribution is 0.516. The van der Waals surface area contributed by atoms with Gasteiger partial charge in [0.15, 0.2) is 0 Å². The van der Waals surface area contributed by atoms with Gasteiger partial charge in [0.05, 0.1) is 11.6 Å². The van der Waals surface area contributed by atoms with Crippen LogP contribution >= 0.6 is 0 Å². The van der Waals surface area contributed by atoms with Gasteiger partial charge in [0.25, 0.3) is 0 Å². The Morgan fingerprint density at radius 2 is 1.88 bits per heavy atom. The molecule has 3 aromatic rings. The number of fused-ring (bicyclic) bond motifs is 3. The van der Waals surface area contributed by atoms with Gasteiger partial charge in [0.2, 0.25) is 0 Å². The Labute approximate surface area is 143 Å². The summed E-state index contributed by atoms with van der Waals surface area (Å²) in [5, 5.41) is 5.29. The minimum Gasteiger partial charge on any atom is -0.342 e. The van der Waals surface area contributed by atoms with Crippen LogP contribution in [0.5, 0.6) is 0 Å². The molecule has 122 valence electrons. The van der Waals surface area contributed by atoms with Crippen LogP contribution in [-0.2, 0) is 19.4 Å². The van der Waals surface area contributed by atoms with Gasteiger partial charge in [-0.15, -0.1) is 0 Å². The van der Waals surface area contributed by atoms with Gasteiger partial charge >= 0.3 is 0 Å². The van der Waals surface area contributed by atoms with Crippen molar-refractivity contribution in [3.05, 3.63) is 70.4 Å². The first kappa shape index (κ1) is 14.3. The van der Waals surface area contributed by atoms with E-state index in [0.717, 1.165) is 19.5 Å². The highest BCUT2D eigenvalue weighted by atomic mass is 15.1. The Kier molecular flexibility index (Phi) is 3.27. The molecule has 24 heavy (non-hydrogen) atoms. The van der Waals surface area contributed by atoms with Crippen LogP contribution in [0.2, 0.25) is 0 Å². The normalized spacial score (nSPS) is 20.0. The molecule has 2 aromatic carbocycles. The summed E-state index contributed by atoms with van der Waals surface area (Å²) in [7, 11) is 0. The fraction of sp³-hybridized carbons (Fsp3) is 0.364. The van der Waals surface area contributed by atoms with Crippen molar-refractivity contribution >= 4 is 10.9 Å². The number of rotatable bonds is 1. The third-order valence-corrected chi connectivity index (χ3v) is 5.80. The summed E-state index contributed by atoms with van der Waals surface area (Å²) in [6.07, 6.45) is 4.96. The molecule has 2 aliphatic rings. The molecule has 0 spiro atoms. The van der Waals surface area contributed by atoms with Crippen LogP contribution in [0, 0.1) is 6.92 Å². The quantitative estimate of drug-likeness (QED) is 0.698. The summed E-state index contributed by atoms with van der Waals surface area (Å²) in [5.74, 6) is 0. The maximum absolute atomic E-state index is 3.79. The summed E-state index contributed by atoms with van der Waals surface area (Å²) < 4.78 is 2.64. The Hall–Kier alpha value is -2.06. The van der Waals surface area contributed by atoms with Gasteiger partial charge in [0.1, 0.15) is 0 Å². The standard InChI is InChI=1S/C22H24N2/c1-15-8-10-16(11-9-15)20-22-19(12-13-23-20)18-7-4-6-17-5-2-3-14-24(22)21(17)18/h4,6-11,20,23H,2-3,5,12-14H2,1H3. The first-order chi connectivity index (χ1) is 11.8. The maximum atomic E-state index is 3.79. The zero-order chi connectivity index (χ0) is 16.1. The molecule has 0 amide bonds. The SMILES string of the molecule is Cc1ccc(C2NCCc3c2n2c4c(cccc34)CCCC2)cc1. The Balaban J connectivity index is 1.77. The van der Waals surface area contributed by atoms with Crippen LogP contribution in [0.3, 0.4) is 0 Å². The lowest BCUT2D eigenvalue weighted by Gasteiger charge is -2.27. The molecule has 2 aliphatic heterocycles. The van der Waals surface area contributed by atoms with Crippen molar-refractivity contribution in [2.24, 2.45) is 0 Å². The second kappa shape index (κ2) is 5.49. The summed E-state index contributed by atoms with van der Waals surface area (Å²) in [6, 6.07) is 16.3. The number of para-hydroxylation sites is 1. The number of hydrogen-bond donors (Lipinski definition) is 1. The third-order valence-electron chi connectivity index (χ3n) is 5.80. The minimum absolute atomic E-state index is 0.327. The number of benzene rings is 2. The predicted octanol–water partition coefficient (Wildman–Crippen LogP) is 4.52. The third kappa shape index (κ3) is 2.06. The molecule has 1 atom stereocenters. The van der Waals surface area contributed by atoms with Crippen molar-refractivity contribution in [2.45, 2.75) is 45.2 Å². The van der Waals surface area contributed by atoms with Gasteiger partial charge in [-0.25, -0.2) is 0 Å². The molecule has 2 heteroatoms. The molecule has 1 N–H and O–H groups in total.